The first-order valence-electron chi connectivity index (χ1n) is 12.7. The molecule has 0 amide bonds. The first-order valence-corrected chi connectivity index (χ1v) is 20.2. The van der Waals surface area contributed by atoms with Gasteiger partial charge in [0.2, 0.25) is 0 Å². The van der Waals surface area contributed by atoms with E-state index in [1.807, 2.05) is 34.6 Å². The van der Waals surface area contributed by atoms with E-state index in [2.05, 4.69) is 0 Å². The molecule has 0 bridgehead atoms. The minimum absolute atomic E-state index is 0.00146. The predicted octanol–water partition coefficient (Wildman–Crippen LogP) is 2.01. The Kier molecular flexibility index (Phi) is 26.6. The van der Waals surface area contributed by atoms with E-state index in [-0.39, 0.29) is 11.8 Å². The average molecular weight is 579 g/mol. The second-order valence-electron chi connectivity index (χ2n) is 7.30. The Bertz CT molecular complexity index is 415. The zero-order valence-electron chi connectivity index (χ0n) is 24.0. The van der Waals surface area contributed by atoms with E-state index in [1.165, 1.54) is 0 Å². The quantitative estimate of drug-likeness (QED) is 0.132. The molecular weight excluding hydrogens is 525 g/mol. The summed E-state index contributed by atoms with van der Waals surface area (Å²) in [5, 5.41) is 0. The first-order chi connectivity index (χ1) is 16.8. The van der Waals surface area contributed by atoms with Gasteiger partial charge in [0.25, 0.3) is 0 Å². The maximum absolute atomic E-state index is 5.85. The van der Waals surface area contributed by atoms with Crippen LogP contribution in [0.2, 0.25) is 24.2 Å². The van der Waals surface area contributed by atoms with Gasteiger partial charge in [0.1, 0.15) is 11.8 Å². The van der Waals surface area contributed by atoms with Crippen LogP contribution in [-0.2, 0) is 45.5 Å². The van der Waals surface area contributed by atoms with E-state index in [9.17, 15) is 0 Å². The van der Waals surface area contributed by atoms with E-state index in [0.29, 0.717) is 33.0 Å². The van der Waals surface area contributed by atoms with Gasteiger partial charge in [-0.25, -0.2) is 0 Å². The summed E-state index contributed by atoms with van der Waals surface area (Å²) in [6.45, 7) is 13.3. The van der Waals surface area contributed by atoms with E-state index in [0.717, 1.165) is 24.2 Å². The Hall–Kier alpha value is 0.468. The van der Waals surface area contributed by atoms with Crippen LogP contribution >= 0.6 is 0 Å². The molecule has 0 aliphatic rings. The largest absolute Gasteiger partial charge is 0.500 e. The van der Waals surface area contributed by atoms with Crippen LogP contribution < -0.4 is 0 Å². The van der Waals surface area contributed by atoms with Gasteiger partial charge in [-0.15, -0.1) is 0 Å². The van der Waals surface area contributed by atoms with Crippen LogP contribution in [-0.4, -0.2) is 117 Å². The van der Waals surface area contributed by atoms with E-state index in [4.69, 9.17) is 45.5 Å². The molecule has 0 spiro atoms. The standard InChI is InChI=1S/C13H32O5Si2.C8H22O5Si2/c1-6-14-13(15-7-2)19-11-12-20(16-8-3,17-9-4)18-10-5;1-9-8(10-2)14-6-7-15(11-3,12-4)13-5/h13H,6-12,19H2,1-5H3;8H,6-7,14H2,1-5H3. The van der Waals surface area contributed by atoms with Crippen molar-refractivity contribution in [3.05, 3.63) is 0 Å². The van der Waals surface area contributed by atoms with Crippen molar-refractivity contribution in [3.63, 3.8) is 0 Å². The molecule has 0 saturated carbocycles. The summed E-state index contributed by atoms with van der Waals surface area (Å²) < 4.78 is 55.0. The normalized spacial score (nSPS) is 13.0. The molecule has 14 heteroatoms. The molecule has 0 fully saturated rings. The molecule has 0 aliphatic heterocycles. The van der Waals surface area contributed by atoms with Crippen LogP contribution in [0, 0.1) is 0 Å². The summed E-state index contributed by atoms with van der Waals surface area (Å²) >= 11 is 0. The highest BCUT2D eigenvalue weighted by Crippen LogP contribution is 2.19. The monoisotopic (exact) mass is 578 g/mol. The number of ether oxygens (including phenoxy) is 4. The summed E-state index contributed by atoms with van der Waals surface area (Å²) in [6.07, 6.45) is 0. The van der Waals surface area contributed by atoms with Crippen molar-refractivity contribution in [2.75, 3.05) is 68.6 Å². The molecule has 0 aromatic heterocycles. The fourth-order valence-corrected chi connectivity index (χ4v) is 13.6. The SMILES string of the molecule is CCOC(OCC)[SiH2]CC[Si](OCC)(OCC)OCC.COC(OC)[SiH2]CC[Si](OC)(OC)OC. The Morgan fingerprint density at radius 1 is 0.514 bits per heavy atom. The molecule has 0 radical (unpaired) electrons. The van der Waals surface area contributed by atoms with Crippen molar-refractivity contribution < 1.29 is 45.5 Å². The molecule has 0 aromatic carbocycles. The third-order valence-electron chi connectivity index (χ3n) is 5.10. The Balaban J connectivity index is 0. The second-order valence-corrected chi connectivity index (χ2v) is 17.0. The highest BCUT2D eigenvalue weighted by atomic mass is 28.4. The topological polar surface area (TPSA) is 92.3 Å². The lowest BCUT2D eigenvalue weighted by atomic mass is 10.8. The van der Waals surface area contributed by atoms with Crippen LogP contribution in [0.25, 0.3) is 0 Å². The Labute approximate surface area is 221 Å². The summed E-state index contributed by atoms with van der Waals surface area (Å²) in [6, 6.07) is 3.77. The first kappa shape index (κ1) is 37.6. The molecule has 0 saturated heterocycles. The van der Waals surface area contributed by atoms with Crippen LogP contribution in [0.3, 0.4) is 0 Å². The van der Waals surface area contributed by atoms with Crippen LogP contribution in [0.1, 0.15) is 34.6 Å². The van der Waals surface area contributed by atoms with E-state index >= 15 is 0 Å². The lowest BCUT2D eigenvalue weighted by molar-refractivity contribution is -0.0827. The molecule has 10 nitrogen and oxygen atoms in total. The van der Waals surface area contributed by atoms with Crippen molar-refractivity contribution >= 4 is 36.6 Å². The molecule has 0 unspecified atom stereocenters. The number of methoxy groups -OCH3 is 2. The predicted molar refractivity (Wildman–Crippen MR) is 149 cm³/mol. The Morgan fingerprint density at radius 3 is 1.20 bits per heavy atom. The van der Waals surface area contributed by atoms with Crippen LogP contribution in [0.5, 0.6) is 0 Å². The highest BCUT2D eigenvalue weighted by Gasteiger charge is 2.40. The van der Waals surface area contributed by atoms with Gasteiger partial charge in [-0.3, -0.25) is 0 Å². The van der Waals surface area contributed by atoms with Crippen molar-refractivity contribution in [2.45, 2.75) is 70.6 Å². The van der Waals surface area contributed by atoms with Crippen LogP contribution in [0.15, 0.2) is 0 Å². The molecule has 0 heterocycles. The minimum Gasteiger partial charge on any atom is -0.377 e. The maximum Gasteiger partial charge on any atom is 0.500 e. The van der Waals surface area contributed by atoms with Gasteiger partial charge < -0.3 is 45.5 Å². The van der Waals surface area contributed by atoms with Gasteiger partial charge in [0, 0.05) is 80.7 Å². The van der Waals surface area contributed by atoms with Crippen molar-refractivity contribution in [1.82, 2.24) is 0 Å². The zero-order chi connectivity index (χ0) is 27.0. The fraction of sp³-hybridized carbons (Fsp3) is 1.00. The van der Waals surface area contributed by atoms with Gasteiger partial charge in [0.15, 0.2) is 0 Å². The molecule has 0 aliphatic carbocycles. The number of hydrogen-bond donors (Lipinski definition) is 0. The van der Waals surface area contributed by atoms with E-state index in [1.54, 1.807) is 35.5 Å². The molecule has 0 atom stereocenters. The maximum atomic E-state index is 5.85. The smallest absolute Gasteiger partial charge is 0.377 e. The molecular formula is C21H54O10Si4. The number of hydrogen-bond acceptors (Lipinski definition) is 10. The molecule has 0 rings (SSSR count). The van der Waals surface area contributed by atoms with Crippen molar-refractivity contribution in [2.24, 2.45) is 0 Å². The fourth-order valence-electron chi connectivity index (χ4n) is 3.45. The van der Waals surface area contributed by atoms with Crippen molar-refractivity contribution in [3.8, 4) is 0 Å². The minimum atomic E-state index is -2.48. The van der Waals surface area contributed by atoms with Crippen molar-refractivity contribution in [1.29, 1.82) is 0 Å². The van der Waals surface area contributed by atoms with Crippen LogP contribution in [0.4, 0.5) is 0 Å². The molecule has 35 heavy (non-hydrogen) atoms. The number of rotatable bonds is 23. The lowest BCUT2D eigenvalue weighted by Gasteiger charge is -2.28. The summed E-state index contributed by atoms with van der Waals surface area (Å²) in [5.41, 5.74) is 0. The second kappa shape index (κ2) is 24.8. The van der Waals surface area contributed by atoms with E-state index < -0.39 is 36.6 Å². The summed E-state index contributed by atoms with van der Waals surface area (Å²) in [7, 11) is 2.43. The third kappa shape index (κ3) is 17.6. The van der Waals surface area contributed by atoms with Gasteiger partial charge in [0.05, 0.1) is 19.0 Å². The third-order valence-corrected chi connectivity index (χ3v) is 16.1. The summed E-state index contributed by atoms with van der Waals surface area (Å²) in [5.74, 6) is -0.0242. The molecule has 0 aromatic rings. The summed E-state index contributed by atoms with van der Waals surface area (Å²) in [4.78, 5) is 0. The van der Waals surface area contributed by atoms with Gasteiger partial charge in [-0.2, -0.15) is 0 Å². The molecule has 214 valence electrons. The average Bonchev–Trinajstić information content (AvgIpc) is 2.86. The van der Waals surface area contributed by atoms with Gasteiger partial charge >= 0.3 is 17.6 Å². The lowest BCUT2D eigenvalue weighted by Crippen LogP contribution is -2.46. The molecule has 0 N–H and O–H groups in total. The van der Waals surface area contributed by atoms with Gasteiger partial charge in [-0.1, -0.05) is 12.1 Å². The highest BCUT2D eigenvalue weighted by molar-refractivity contribution is 6.62. The Morgan fingerprint density at radius 2 is 0.886 bits per heavy atom. The van der Waals surface area contributed by atoms with Gasteiger partial charge in [-0.05, 0) is 34.6 Å². The zero-order valence-corrected chi connectivity index (χ0v) is 28.8.